The van der Waals surface area contributed by atoms with Crippen LogP contribution in [-0.2, 0) is 56.6 Å². The number of carbonyl (C=O) groups excluding carboxylic acids is 3. The lowest BCUT2D eigenvalue weighted by atomic mass is 9.99. The van der Waals surface area contributed by atoms with Crippen LogP contribution in [0.1, 0.15) is 53.9 Å². The zero-order chi connectivity index (χ0) is 80.0. The van der Waals surface area contributed by atoms with E-state index in [0.717, 1.165) is 6.42 Å². The van der Waals surface area contributed by atoms with Gasteiger partial charge in [-0.05, 0) is 61.6 Å². The number of Topliss-reactive ketones (excluding diaryl/α,β-unsaturated/α-hetero) is 3. The molecular weight excluding hydrogens is 1330 g/mol. The van der Waals surface area contributed by atoms with E-state index in [1.807, 2.05) is 32.8 Å². The van der Waals surface area contributed by atoms with Gasteiger partial charge in [-0.2, -0.15) is 59.1 Å². The zero-order valence-corrected chi connectivity index (χ0v) is 56.5. The summed E-state index contributed by atoms with van der Waals surface area (Å²) in [5, 5.41) is 161. The van der Waals surface area contributed by atoms with E-state index in [0.29, 0.717) is 6.42 Å². The van der Waals surface area contributed by atoms with Gasteiger partial charge in [-0.1, -0.05) is 0 Å². The summed E-state index contributed by atoms with van der Waals surface area (Å²) in [6, 6.07) is -0.354. The Morgan fingerprint density at radius 2 is 0.932 bits per heavy atom. The Morgan fingerprint density at radius 1 is 0.511 bits per heavy atom. The Kier molecular flexibility index (Phi) is 40.2. The monoisotopic (exact) mass is 1450 g/mol. The third-order valence-corrected chi connectivity index (χ3v) is 13.1. The maximum atomic E-state index is 11.0. The second-order valence-corrected chi connectivity index (χ2v) is 20.9. The third kappa shape index (κ3) is 31.6. The van der Waals surface area contributed by atoms with Gasteiger partial charge in [0, 0.05) is 18.5 Å². The topological polar surface area (TPSA) is 637 Å². The molecule has 0 saturated carbocycles. The summed E-state index contributed by atoms with van der Waals surface area (Å²) in [5.74, 6) is -1.71. The quantitative estimate of drug-likeness (QED) is 0.0854. The number of nitrogens with zero attached hydrogens (tertiary/aromatic N) is 1. The van der Waals surface area contributed by atoms with Gasteiger partial charge in [0.1, 0.15) is 85.5 Å². The van der Waals surface area contributed by atoms with Crippen LogP contribution >= 0.6 is 66.9 Å². The van der Waals surface area contributed by atoms with Crippen LogP contribution < -0.4 is 5.73 Å². The standard InChI is InChI=1S/C8H17NO3.C6H13NO3.C6H13O9P.C6H12O6.2C6H10O5.C6H10O4.6H3P/c1-5-4-6(9(2)3)7(10)8(11)12-5;1-3-2-4(7)5(8)6(9)10-3;7-1-2-3(8)4(9)5(10)6(14-2)15-16(11,12)13;7-1-2-3(8)4(9)5(10)6(11)12-2;2*1-2-3(7)4(8)5(9)6(10)11-2;1-3-2-4(7)5(8)6(9)10-3;;;;;;/h5-8,10-11H,4H2,1-3H3;3-6,8-9H,2,7H2,1H3;2-10H,1H2,(H2,11,12,13);2-11H,1H2;2,4-6,8-10H,1H3;2-3,5-7,9-10H,1H3;3,5-6,8-9H,2H2,1H3;6*1H3/t5?,6-,7?,8-;3?,4-,5?,6-;2?,3-,4+,5?,6-;2?,3-,4+,5?,6+;2?,4-,5?,6-;2?,3-,5?,6+;3?,5?,6-;;;;;;/m0011010....../s1/i11T;9T;;11T;2*10T;9T;6*1D. The number of phosphoric acid groups is 1. The van der Waals surface area contributed by atoms with Crippen LogP contribution in [0, 0.1) is 0 Å². The van der Waals surface area contributed by atoms with E-state index in [1.54, 1.807) is 66.0 Å². The molecule has 7 saturated heterocycles. The van der Waals surface area contributed by atoms with Gasteiger partial charge in [0.15, 0.2) is 73.6 Å². The van der Waals surface area contributed by atoms with E-state index >= 15 is 0 Å². The number of rotatable bonds is 11. The van der Waals surface area contributed by atoms with Gasteiger partial charge in [0.05, 0.1) is 45.3 Å². The smallest absolute Gasteiger partial charge is 0.394 e. The van der Waals surface area contributed by atoms with Gasteiger partial charge in [-0.3, -0.25) is 18.9 Å². The van der Waals surface area contributed by atoms with E-state index in [1.165, 1.54) is 13.8 Å². The minimum absolute atomic E-state index is 0.000833. The molecule has 7 aliphatic rings. The molecule has 0 aliphatic carbocycles. The van der Waals surface area contributed by atoms with E-state index in [-0.39, 0.29) is 42.6 Å². The molecule has 0 radical (unpaired) electrons. The van der Waals surface area contributed by atoms with Crippen LogP contribution in [0.25, 0.3) is 0 Å². The van der Waals surface area contributed by atoms with Gasteiger partial charge >= 0.3 is 7.82 Å². The van der Waals surface area contributed by atoms with Crippen LogP contribution in [0.15, 0.2) is 0 Å². The van der Waals surface area contributed by atoms with Crippen LogP contribution in [0.4, 0.5) is 0 Å². The number of hydrogen-bond donors (Lipinski definition) is 24. The first-order valence-corrected chi connectivity index (χ1v) is 26.5. The number of nitrogens with two attached hydrogens (primary N) is 1. The van der Waals surface area contributed by atoms with Crippen LogP contribution in [0.3, 0.4) is 0 Å². The number of ketones is 3. The van der Waals surface area contributed by atoms with Crippen molar-refractivity contribution in [3.8, 4) is 0 Å². The highest BCUT2D eigenvalue weighted by Gasteiger charge is 2.47. The highest BCUT2D eigenvalue weighted by molar-refractivity contribution is 7.46. The number of ether oxygens (including phenoxy) is 7. The molecule has 7 fully saturated rings. The SMILES string of the molecule is O=P(O)(O)O[C@H]1OC(CO)[C@@H](O)[C@H](O)C1O.[2H]P.[2H]P.[2H]P.[2H]P.[2H]P.[2H]P.[3H]O[C@H]1OC(C)C(=O)[C@H](O)C1O.[3H]O[C@H]1OC(C)CC(=O)C1O.[3H]O[C@H]1OC(C)C[C@H](N(C)C)C1O.[3H]O[C@H]1OC(C)C[C@H](N)C1O.[3H]O[C@H]1OC(C)[C@@H](O)C(=O)C1O.[3H]O[C@H]1OC(CO)[C@@H](O)[C@H](O)C1O. The fourth-order valence-corrected chi connectivity index (χ4v) is 8.15. The molecule has 534 valence electrons. The normalized spacial score (nSPS) is 43.3. The van der Waals surface area contributed by atoms with Gasteiger partial charge < -0.3 is 161 Å². The van der Waals surface area contributed by atoms with Crippen molar-refractivity contribution in [3.63, 3.8) is 0 Å². The average molecular weight is 1460 g/mol. The third-order valence-electron chi connectivity index (χ3n) is 12.6. The molecule has 7 heterocycles. The van der Waals surface area contributed by atoms with Crippen molar-refractivity contribution in [3.05, 3.63) is 0 Å². The van der Waals surface area contributed by atoms with Crippen molar-refractivity contribution in [2.75, 3.05) is 27.3 Å². The predicted octanol–water partition coefficient (Wildman–Crippen LogP) is -12.7. The van der Waals surface area contributed by atoms with E-state index in [2.05, 4.69) is 39.9 Å². The van der Waals surface area contributed by atoms with Crippen molar-refractivity contribution in [2.45, 2.75) is 232 Å². The molecule has 88 heavy (non-hydrogen) atoms. The molecule has 0 aromatic carbocycles. The largest absolute Gasteiger partial charge is 0.472 e. The Balaban J connectivity index is -0.000000252. The molecule has 0 spiro atoms. The highest BCUT2D eigenvalue weighted by atomic mass is 31.2. The fraction of sp³-hybridized carbons (Fsp3) is 0.932. The number of carbonyl (C=O) groups is 3. The Labute approximate surface area is 543 Å². The predicted molar refractivity (Wildman–Crippen MR) is 329 cm³/mol. The Hall–Kier alpha value is 0.500. The molecular formula is C44H103N2O35P7. The lowest BCUT2D eigenvalue weighted by Crippen LogP contribution is -2.58. The molecule has 44 heteroatoms. The lowest BCUT2D eigenvalue weighted by Gasteiger charge is -2.39. The van der Waals surface area contributed by atoms with Crippen molar-refractivity contribution in [2.24, 2.45) is 5.73 Å². The molecule has 7 aliphatic heterocycles. The van der Waals surface area contributed by atoms with Gasteiger partial charge in [0.2, 0.25) is 8.59 Å². The minimum atomic E-state index is -4.91. The number of hydrogen-bond acceptors (Lipinski definition) is 35. The number of phosphoric ester groups is 1. The lowest BCUT2D eigenvalue weighted by molar-refractivity contribution is -0.286. The van der Waals surface area contributed by atoms with Crippen LogP contribution in [0.5, 0.6) is 0 Å². The first-order chi connectivity index (χ1) is 46.9. The molecule has 25 N–H and O–H groups in total. The maximum absolute atomic E-state index is 11.0. The molecule has 37 nitrogen and oxygen atoms in total. The summed E-state index contributed by atoms with van der Waals surface area (Å²) in [6.45, 7) is 7.09. The second kappa shape index (κ2) is 46.6. The summed E-state index contributed by atoms with van der Waals surface area (Å²) in [7, 11) is 8.88. The van der Waals surface area contributed by atoms with E-state index < -0.39 is 180 Å². The van der Waals surface area contributed by atoms with Crippen molar-refractivity contribution in [1.29, 1.82) is 16.3 Å². The van der Waals surface area contributed by atoms with E-state index in [4.69, 9.17) is 101 Å². The minimum Gasteiger partial charge on any atom is -0.394 e. The molecule has 20 unspecified atom stereocenters. The highest BCUT2D eigenvalue weighted by Crippen LogP contribution is 2.40. The van der Waals surface area contributed by atoms with Gasteiger partial charge in [0.25, 0.3) is 0 Å². The average Bonchev–Trinajstić information content (AvgIpc) is 0.833. The van der Waals surface area contributed by atoms with E-state index in [9.17, 15) is 54.7 Å². The maximum Gasteiger partial charge on any atom is 0.472 e. The molecule has 0 aromatic heterocycles. The molecule has 7 rings (SSSR count). The zero-order valence-electron chi connectivity index (χ0n) is 60.7. The molecule has 0 amide bonds. The van der Waals surface area contributed by atoms with Gasteiger partial charge in [-0.15, -0.1) is 0 Å². The number of aliphatic hydroxyl groups excluding tert-OH is 21. The summed E-state index contributed by atoms with van der Waals surface area (Å²) < 4.78 is 122. The number of aliphatic hydroxyl groups is 21. The summed E-state index contributed by atoms with van der Waals surface area (Å²) in [5.41, 5.74) is 5.54. The van der Waals surface area contributed by atoms with Crippen LogP contribution in [0.2, 0.25) is 0 Å². The van der Waals surface area contributed by atoms with Crippen LogP contribution in [-0.4, -0.2) is 361 Å². The fourth-order valence-electron chi connectivity index (χ4n) is 7.70. The molecule has 0 aromatic rings. The van der Waals surface area contributed by atoms with Crippen molar-refractivity contribution < 1.29 is 174 Å². The number of likely N-dealkylation sites (N-methyl/N-ethyl adjacent to an activating group) is 1. The first-order valence-electron chi connectivity index (χ1n) is 30.9. The van der Waals surface area contributed by atoms with Gasteiger partial charge in [-0.25, -0.2) is 4.57 Å². The summed E-state index contributed by atoms with van der Waals surface area (Å²) >= 11 is 0. The Bertz CT molecular complexity index is 2070. The van der Waals surface area contributed by atoms with Crippen molar-refractivity contribution >= 4 is 84.2 Å². The summed E-state index contributed by atoms with van der Waals surface area (Å²) in [6.07, 6.45) is -29.6. The van der Waals surface area contributed by atoms with Crippen molar-refractivity contribution in [1.82, 2.24) is 4.90 Å². The Morgan fingerprint density at radius 3 is 1.40 bits per heavy atom. The first kappa shape index (κ1) is 75.9. The molecule has 0 bridgehead atoms. The second-order valence-electron chi connectivity index (χ2n) is 19.7. The summed E-state index contributed by atoms with van der Waals surface area (Å²) in [4.78, 5) is 51.7. The molecule has 35 atom stereocenters.